The fourth-order valence-corrected chi connectivity index (χ4v) is 6.74. The Balaban J connectivity index is 0.000000234. The SMILES string of the molecule is C[Si]C.Cc1ccc(-c2cccc3[cH-]c(CC(C)C)cc23)c(C)c1C.Cc1ccc(-c2cccc3[cH-]c(CC(C)C)cc23)c(C)c1C.[Cl][Zr+2][Cl]. The van der Waals surface area contributed by atoms with Gasteiger partial charge in [-0.1, -0.05) is 88.3 Å². The van der Waals surface area contributed by atoms with E-state index in [9.17, 15) is 0 Å². The fourth-order valence-electron chi connectivity index (χ4n) is 6.74. The van der Waals surface area contributed by atoms with Crippen molar-refractivity contribution in [1.82, 2.24) is 0 Å². The van der Waals surface area contributed by atoms with Crippen molar-refractivity contribution in [1.29, 1.82) is 0 Å². The Kier molecular flexibility index (Phi) is 17.0. The van der Waals surface area contributed by atoms with Gasteiger partial charge < -0.3 is 0 Å². The normalized spacial score (nSPS) is 10.7. The van der Waals surface area contributed by atoms with Crippen LogP contribution in [0.1, 0.15) is 72.2 Å². The van der Waals surface area contributed by atoms with Crippen LogP contribution in [0.2, 0.25) is 13.1 Å². The van der Waals surface area contributed by atoms with Crippen molar-refractivity contribution < 1.29 is 20.8 Å². The van der Waals surface area contributed by atoms with Gasteiger partial charge in [0.2, 0.25) is 0 Å². The van der Waals surface area contributed by atoms with Crippen LogP contribution < -0.4 is 0 Å². The van der Waals surface area contributed by atoms with E-state index < -0.39 is 20.8 Å². The van der Waals surface area contributed by atoms with Gasteiger partial charge in [-0.25, -0.2) is 0 Å². The summed E-state index contributed by atoms with van der Waals surface area (Å²) in [6, 6.07) is 31.9. The van der Waals surface area contributed by atoms with Crippen molar-refractivity contribution in [2.75, 3.05) is 0 Å². The van der Waals surface area contributed by atoms with Gasteiger partial charge in [-0.2, -0.15) is 12.1 Å². The van der Waals surface area contributed by atoms with Crippen LogP contribution >= 0.6 is 17.0 Å². The number of fused-ring (bicyclic) bond motifs is 2. The van der Waals surface area contributed by atoms with E-state index in [4.69, 9.17) is 17.0 Å². The zero-order valence-corrected chi connectivity index (χ0v) is 37.4. The molecule has 0 saturated heterocycles. The summed E-state index contributed by atoms with van der Waals surface area (Å²) in [5.41, 5.74) is 16.8. The average molecular weight is 799 g/mol. The molecule has 262 valence electrons. The Hall–Kier alpha value is -2.22. The molecule has 0 saturated carbocycles. The third kappa shape index (κ3) is 10.9. The van der Waals surface area contributed by atoms with Crippen LogP contribution in [0.5, 0.6) is 0 Å². The number of halogens is 2. The first kappa shape index (κ1) is 42.2. The number of aryl methyl sites for hydroxylation is 2. The average Bonchev–Trinajstić information content (AvgIpc) is 3.66. The first-order valence-corrected chi connectivity index (χ1v) is 26.2. The molecule has 6 rings (SSSR count). The summed E-state index contributed by atoms with van der Waals surface area (Å²) >= 11 is -0.826. The van der Waals surface area contributed by atoms with E-state index in [1.54, 1.807) is 0 Å². The third-order valence-corrected chi connectivity index (χ3v) is 9.61. The maximum absolute atomic E-state index is 4.93. The summed E-state index contributed by atoms with van der Waals surface area (Å²) in [5.74, 6) is 1.40. The Morgan fingerprint density at radius 1 is 0.540 bits per heavy atom. The first-order chi connectivity index (χ1) is 23.8. The van der Waals surface area contributed by atoms with Crippen molar-refractivity contribution in [3.05, 3.63) is 129 Å². The predicted octanol–water partition coefficient (Wildman–Crippen LogP) is 14.9. The second-order valence-corrected chi connectivity index (χ2v) is 19.2. The Morgan fingerprint density at radius 3 is 1.20 bits per heavy atom. The molecular formula is C46H56Cl2SiZr. The van der Waals surface area contributed by atoms with Gasteiger partial charge in [0.1, 0.15) is 0 Å². The molecule has 6 aromatic rings. The van der Waals surface area contributed by atoms with Crippen LogP contribution in [-0.2, 0) is 33.7 Å². The molecule has 0 aliphatic carbocycles. The molecular weight excluding hydrogens is 743 g/mol. The molecule has 2 radical (unpaired) electrons. The van der Waals surface area contributed by atoms with Gasteiger partial charge >= 0.3 is 37.9 Å². The molecule has 6 aromatic carbocycles. The third-order valence-electron chi connectivity index (χ3n) is 9.61. The van der Waals surface area contributed by atoms with Crippen LogP contribution in [0.15, 0.2) is 84.9 Å². The van der Waals surface area contributed by atoms with E-state index in [-0.39, 0.29) is 0 Å². The van der Waals surface area contributed by atoms with Gasteiger partial charge in [0.25, 0.3) is 0 Å². The minimum absolute atomic E-state index is 0.698. The molecule has 0 N–H and O–H groups in total. The quantitative estimate of drug-likeness (QED) is 0.116. The Labute approximate surface area is 325 Å². The Bertz CT molecular complexity index is 1830. The molecule has 50 heavy (non-hydrogen) atoms. The van der Waals surface area contributed by atoms with E-state index in [1.165, 1.54) is 88.3 Å². The summed E-state index contributed by atoms with van der Waals surface area (Å²) in [7, 11) is 11.0. The second-order valence-electron chi connectivity index (χ2n) is 14.5. The van der Waals surface area contributed by atoms with Gasteiger partial charge in [-0.3, -0.25) is 0 Å². The zero-order valence-electron chi connectivity index (χ0n) is 32.4. The molecule has 0 heterocycles. The van der Waals surface area contributed by atoms with E-state index in [0.29, 0.717) is 11.8 Å². The van der Waals surface area contributed by atoms with Gasteiger partial charge in [-0.05, 0) is 111 Å². The number of hydrogen-bond acceptors (Lipinski definition) is 0. The molecule has 0 aliphatic rings. The van der Waals surface area contributed by atoms with Crippen molar-refractivity contribution in [3.8, 4) is 22.3 Å². The maximum atomic E-state index is 4.93. The zero-order chi connectivity index (χ0) is 37.1. The standard InChI is InChI=1S/2C22H25.C2H6Si.2ClH.Zr/c2*1-14(2)11-18-12-19-7-6-8-21(22(19)13-18)20-10-9-15(3)16(4)17(20)5;1-3-2;;;/h2*6-10,12-14H,11H2,1-5H3;1-2H3;2*1H;/q2*-1;;;;+4/p-2. The molecule has 0 nitrogen and oxygen atoms in total. The van der Waals surface area contributed by atoms with Crippen LogP contribution in [-0.4, -0.2) is 9.52 Å². The van der Waals surface area contributed by atoms with Gasteiger partial charge in [0, 0.05) is 9.52 Å². The second kappa shape index (κ2) is 20.1. The summed E-state index contributed by atoms with van der Waals surface area (Å²) < 4.78 is 0. The van der Waals surface area contributed by atoms with E-state index >= 15 is 0 Å². The van der Waals surface area contributed by atoms with Crippen LogP contribution in [0.4, 0.5) is 0 Å². The Morgan fingerprint density at radius 2 is 0.880 bits per heavy atom. The topological polar surface area (TPSA) is 0 Å². The summed E-state index contributed by atoms with van der Waals surface area (Å²) in [6.45, 7) is 26.8. The molecule has 0 spiro atoms. The van der Waals surface area contributed by atoms with Crippen LogP contribution in [0.3, 0.4) is 0 Å². The molecule has 0 fully saturated rings. The number of rotatable bonds is 6. The number of hydrogen-bond donors (Lipinski definition) is 0. The summed E-state index contributed by atoms with van der Waals surface area (Å²) in [4.78, 5) is 0. The molecule has 0 unspecified atom stereocenters. The van der Waals surface area contributed by atoms with Crippen LogP contribution in [0, 0.1) is 53.4 Å². The van der Waals surface area contributed by atoms with Crippen molar-refractivity contribution in [3.63, 3.8) is 0 Å². The van der Waals surface area contributed by atoms with E-state index in [0.717, 1.165) is 22.4 Å². The number of benzene rings is 4. The molecule has 0 aromatic heterocycles. The molecule has 0 aliphatic heterocycles. The molecule has 0 atom stereocenters. The van der Waals surface area contributed by atoms with E-state index in [2.05, 4.69) is 167 Å². The van der Waals surface area contributed by atoms with Crippen LogP contribution in [0.25, 0.3) is 43.8 Å². The molecule has 0 bridgehead atoms. The van der Waals surface area contributed by atoms with Crippen molar-refractivity contribution in [2.24, 2.45) is 11.8 Å². The van der Waals surface area contributed by atoms with Gasteiger partial charge in [-0.15, -0.1) is 69.1 Å². The van der Waals surface area contributed by atoms with Crippen molar-refractivity contribution in [2.45, 2.75) is 95.2 Å². The van der Waals surface area contributed by atoms with Gasteiger partial charge in [0.05, 0.1) is 0 Å². The first-order valence-electron chi connectivity index (χ1n) is 17.8. The summed E-state index contributed by atoms with van der Waals surface area (Å²) in [5, 5.41) is 5.52. The van der Waals surface area contributed by atoms with E-state index in [1.807, 2.05) is 0 Å². The fraction of sp³-hybridized carbons (Fsp3) is 0.348. The van der Waals surface area contributed by atoms with Gasteiger partial charge in [0.15, 0.2) is 0 Å². The summed E-state index contributed by atoms with van der Waals surface area (Å²) in [6.07, 6.45) is 2.31. The predicted molar refractivity (Wildman–Crippen MR) is 225 cm³/mol. The molecule has 0 amide bonds. The van der Waals surface area contributed by atoms with Crippen molar-refractivity contribution >= 4 is 48.1 Å². The minimum atomic E-state index is -0.826. The monoisotopic (exact) mass is 796 g/mol. The molecule has 4 heteroatoms.